The van der Waals surface area contributed by atoms with Gasteiger partial charge in [-0.15, -0.1) is 0 Å². The van der Waals surface area contributed by atoms with Crippen LogP contribution in [0.4, 0.5) is 0 Å². The minimum Gasteiger partial charge on any atom is -0.494 e. The highest BCUT2D eigenvalue weighted by Gasteiger charge is 2.18. The molecule has 0 saturated heterocycles. The highest BCUT2D eigenvalue weighted by Crippen LogP contribution is 2.17. The fourth-order valence-electron chi connectivity index (χ4n) is 1.85. The van der Waals surface area contributed by atoms with E-state index in [1.807, 2.05) is 37.3 Å². The van der Waals surface area contributed by atoms with Crippen molar-refractivity contribution in [2.24, 2.45) is 0 Å². The van der Waals surface area contributed by atoms with Crippen LogP contribution in [-0.4, -0.2) is 23.8 Å². The molecule has 0 fully saturated rings. The molecule has 2 aromatic carbocycles. The Hall–Kier alpha value is -1.98. The van der Waals surface area contributed by atoms with Gasteiger partial charge in [0.05, 0.1) is 6.61 Å². The van der Waals surface area contributed by atoms with E-state index in [0.717, 1.165) is 5.56 Å². The third kappa shape index (κ3) is 3.76. The summed E-state index contributed by atoms with van der Waals surface area (Å²) in [5.74, 6) is 1.02. The Labute approximate surface area is 118 Å². The maximum atomic E-state index is 9.41. The summed E-state index contributed by atoms with van der Waals surface area (Å²) in [6.07, 6.45) is 0. The SMILES string of the molecule is CCOc1ccc(OCc2ccccc2)c(B(O)O)c1. The van der Waals surface area contributed by atoms with Crippen molar-refractivity contribution >= 4 is 12.6 Å². The third-order valence-electron chi connectivity index (χ3n) is 2.81. The summed E-state index contributed by atoms with van der Waals surface area (Å²) in [5, 5.41) is 18.8. The molecule has 0 spiro atoms. The van der Waals surface area contributed by atoms with Crippen LogP contribution in [0.3, 0.4) is 0 Å². The van der Waals surface area contributed by atoms with Crippen LogP contribution in [0.25, 0.3) is 0 Å². The smallest absolute Gasteiger partial charge is 0.492 e. The maximum Gasteiger partial charge on any atom is 0.492 e. The van der Waals surface area contributed by atoms with Crippen LogP contribution in [-0.2, 0) is 6.61 Å². The molecule has 0 aliphatic rings. The predicted molar refractivity (Wildman–Crippen MR) is 78.2 cm³/mol. The van der Waals surface area contributed by atoms with Gasteiger partial charge < -0.3 is 19.5 Å². The van der Waals surface area contributed by atoms with E-state index in [0.29, 0.717) is 30.2 Å². The van der Waals surface area contributed by atoms with Crippen molar-refractivity contribution in [3.8, 4) is 11.5 Å². The Morgan fingerprint density at radius 1 is 1.00 bits per heavy atom. The number of hydrogen-bond acceptors (Lipinski definition) is 4. The molecule has 0 amide bonds. The topological polar surface area (TPSA) is 58.9 Å². The van der Waals surface area contributed by atoms with Crippen LogP contribution in [0.5, 0.6) is 11.5 Å². The second-order valence-electron chi connectivity index (χ2n) is 4.28. The first kappa shape index (κ1) is 14.4. The minimum atomic E-state index is -1.60. The lowest BCUT2D eigenvalue weighted by Crippen LogP contribution is -2.31. The van der Waals surface area contributed by atoms with Crippen molar-refractivity contribution in [1.82, 2.24) is 0 Å². The first-order valence-electron chi connectivity index (χ1n) is 6.50. The monoisotopic (exact) mass is 272 g/mol. The van der Waals surface area contributed by atoms with Gasteiger partial charge in [-0.1, -0.05) is 30.3 Å². The van der Waals surface area contributed by atoms with Crippen molar-refractivity contribution in [1.29, 1.82) is 0 Å². The molecule has 0 aliphatic carbocycles. The molecular formula is C15H17BO4. The van der Waals surface area contributed by atoms with Gasteiger partial charge >= 0.3 is 7.12 Å². The summed E-state index contributed by atoms with van der Waals surface area (Å²) in [7, 11) is -1.60. The van der Waals surface area contributed by atoms with Crippen LogP contribution in [0.2, 0.25) is 0 Å². The molecule has 20 heavy (non-hydrogen) atoms. The van der Waals surface area contributed by atoms with E-state index in [1.165, 1.54) is 0 Å². The van der Waals surface area contributed by atoms with Gasteiger partial charge in [-0.05, 0) is 30.7 Å². The average molecular weight is 272 g/mol. The molecule has 104 valence electrons. The quantitative estimate of drug-likeness (QED) is 0.779. The molecule has 0 radical (unpaired) electrons. The van der Waals surface area contributed by atoms with E-state index in [-0.39, 0.29) is 0 Å². The standard InChI is InChI=1S/C15H17BO4/c1-2-19-13-8-9-15(14(10-13)16(17)18)20-11-12-6-4-3-5-7-12/h3-10,17-18H,2,11H2,1H3. The molecule has 0 heterocycles. The van der Waals surface area contributed by atoms with Crippen LogP contribution >= 0.6 is 0 Å². The summed E-state index contributed by atoms with van der Waals surface area (Å²) in [6, 6.07) is 14.7. The van der Waals surface area contributed by atoms with Crippen molar-refractivity contribution in [3.63, 3.8) is 0 Å². The van der Waals surface area contributed by atoms with Gasteiger partial charge in [0.2, 0.25) is 0 Å². The molecule has 0 saturated carbocycles. The number of ether oxygens (including phenoxy) is 2. The summed E-state index contributed by atoms with van der Waals surface area (Å²) in [5.41, 5.74) is 1.31. The lowest BCUT2D eigenvalue weighted by atomic mass is 9.79. The van der Waals surface area contributed by atoms with Gasteiger partial charge in [0.1, 0.15) is 18.1 Å². The van der Waals surface area contributed by atoms with Crippen molar-refractivity contribution in [3.05, 3.63) is 54.1 Å². The van der Waals surface area contributed by atoms with Crippen LogP contribution in [0, 0.1) is 0 Å². The van der Waals surface area contributed by atoms with E-state index in [2.05, 4.69) is 0 Å². The molecule has 2 aromatic rings. The fraction of sp³-hybridized carbons (Fsp3) is 0.200. The predicted octanol–water partition coefficient (Wildman–Crippen LogP) is 1.34. The summed E-state index contributed by atoms with van der Waals surface area (Å²) in [4.78, 5) is 0. The maximum absolute atomic E-state index is 9.41. The van der Waals surface area contributed by atoms with Gasteiger partial charge in [0.15, 0.2) is 0 Å². The van der Waals surface area contributed by atoms with Gasteiger partial charge in [-0.25, -0.2) is 0 Å². The molecule has 0 atom stereocenters. The average Bonchev–Trinajstić information content (AvgIpc) is 2.47. The molecule has 5 heteroatoms. The van der Waals surface area contributed by atoms with E-state index in [9.17, 15) is 10.0 Å². The zero-order chi connectivity index (χ0) is 14.4. The van der Waals surface area contributed by atoms with Gasteiger partial charge in [0.25, 0.3) is 0 Å². The lowest BCUT2D eigenvalue weighted by molar-refractivity contribution is 0.304. The normalized spacial score (nSPS) is 10.2. The Morgan fingerprint density at radius 3 is 2.40 bits per heavy atom. The van der Waals surface area contributed by atoms with E-state index in [4.69, 9.17) is 9.47 Å². The van der Waals surface area contributed by atoms with Crippen molar-refractivity contribution in [2.45, 2.75) is 13.5 Å². The number of rotatable bonds is 6. The second kappa shape index (κ2) is 6.98. The Balaban J connectivity index is 2.14. The van der Waals surface area contributed by atoms with Crippen LogP contribution < -0.4 is 14.9 Å². The first-order valence-corrected chi connectivity index (χ1v) is 6.50. The Morgan fingerprint density at radius 2 is 1.75 bits per heavy atom. The molecule has 0 bridgehead atoms. The lowest BCUT2D eigenvalue weighted by Gasteiger charge is -2.13. The Bertz CT molecular complexity index is 543. The Kier molecular flexibility index (Phi) is 5.04. The minimum absolute atomic E-state index is 0.298. The third-order valence-corrected chi connectivity index (χ3v) is 2.81. The zero-order valence-corrected chi connectivity index (χ0v) is 11.3. The second-order valence-corrected chi connectivity index (χ2v) is 4.28. The molecule has 0 aliphatic heterocycles. The molecule has 2 N–H and O–H groups in total. The first-order chi connectivity index (χ1) is 9.70. The van der Waals surface area contributed by atoms with Gasteiger partial charge in [-0.3, -0.25) is 0 Å². The molecule has 4 nitrogen and oxygen atoms in total. The molecule has 0 unspecified atom stereocenters. The fourth-order valence-corrected chi connectivity index (χ4v) is 1.85. The van der Waals surface area contributed by atoms with Crippen LogP contribution in [0.15, 0.2) is 48.5 Å². The summed E-state index contributed by atoms with van der Waals surface area (Å²) >= 11 is 0. The highest BCUT2D eigenvalue weighted by atomic mass is 16.5. The van der Waals surface area contributed by atoms with Crippen LogP contribution in [0.1, 0.15) is 12.5 Å². The number of hydrogen-bond donors (Lipinski definition) is 2. The summed E-state index contributed by atoms with van der Waals surface area (Å²) in [6.45, 7) is 2.76. The van der Waals surface area contributed by atoms with Gasteiger partial charge in [0, 0.05) is 5.46 Å². The molecule has 0 aromatic heterocycles. The van der Waals surface area contributed by atoms with Crippen molar-refractivity contribution < 1.29 is 19.5 Å². The number of benzene rings is 2. The summed E-state index contributed by atoms with van der Waals surface area (Å²) < 4.78 is 11.0. The van der Waals surface area contributed by atoms with E-state index in [1.54, 1.807) is 18.2 Å². The van der Waals surface area contributed by atoms with Gasteiger partial charge in [-0.2, -0.15) is 0 Å². The van der Waals surface area contributed by atoms with E-state index >= 15 is 0 Å². The molecule has 2 rings (SSSR count). The largest absolute Gasteiger partial charge is 0.494 e. The molecular weight excluding hydrogens is 255 g/mol. The van der Waals surface area contributed by atoms with Crippen molar-refractivity contribution in [2.75, 3.05) is 6.61 Å². The highest BCUT2D eigenvalue weighted by molar-refractivity contribution is 6.59. The van der Waals surface area contributed by atoms with E-state index < -0.39 is 7.12 Å². The zero-order valence-electron chi connectivity index (χ0n) is 11.3.